The fourth-order valence-electron chi connectivity index (χ4n) is 2.01. The average Bonchev–Trinajstić information content (AvgIpc) is 2.46. The number of nitrogens with zero attached hydrogens (tertiary/aromatic N) is 1. The number of aryl methyl sites for hydroxylation is 1. The first-order valence-electron chi connectivity index (χ1n) is 6.20. The predicted octanol–water partition coefficient (Wildman–Crippen LogP) is 5.27. The minimum atomic E-state index is -0.386. The summed E-state index contributed by atoms with van der Waals surface area (Å²) >= 11 is 9.67. The van der Waals surface area contributed by atoms with Crippen LogP contribution in [0.1, 0.15) is 22.9 Å². The van der Waals surface area contributed by atoms with Crippen molar-refractivity contribution in [3.63, 3.8) is 0 Å². The van der Waals surface area contributed by atoms with Crippen molar-refractivity contribution in [1.82, 2.24) is 0 Å². The molecule has 104 valence electrons. The molecule has 0 bridgehead atoms. The van der Waals surface area contributed by atoms with Gasteiger partial charge in [-0.3, -0.25) is 10.1 Å². The number of halogens is 2. The summed E-state index contributed by atoms with van der Waals surface area (Å²) in [5.41, 5.74) is 2.06. The van der Waals surface area contributed by atoms with Crippen LogP contribution in [0.25, 0.3) is 0 Å². The summed E-state index contributed by atoms with van der Waals surface area (Å²) < 4.78 is 0.543. The van der Waals surface area contributed by atoms with Crippen molar-refractivity contribution in [2.24, 2.45) is 0 Å². The van der Waals surface area contributed by atoms with Crippen LogP contribution in [0.5, 0.6) is 0 Å². The van der Waals surface area contributed by atoms with E-state index >= 15 is 0 Å². The molecule has 0 aliphatic rings. The van der Waals surface area contributed by atoms with Gasteiger partial charge in [-0.15, -0.1) is 11.6 Å². The molecule has 0 spiro atoms. The molecule has 0 aromatic heterocycles. The van der Waals surface area contributed by atoms with Crippen molar-refractivity contribution >= 4 is 33.2 Å². The normalized spacial score (nSPS) is 12.1. The number of rotatable bonds is 5. The van der Waals surface area contributed by atoms with Crippen LogP contribution in [0.3, 0.4) is 0 Å². The molecule has 2 rings (SSSR count). The molecule has 0 saturated heterocycles. The molecule has 20 heavy (non-hydrogen) atoms. The Morgan fingerprint density at radius 1 is 1.15 bits per heavy atom. The van der Waals surface area contributed by atoms with Crippen LogP contribution < -0.4 is 0 Å². The summed E-state index contributed by atoms with van der Waals surface area (Å²) in [4.78, 5) is 10.5. The van der Waals surface area contributed by atoms with E-state index in [1.807, 2.05) is 36.4 Å². The Kier molecular flexibility index (Phi) is 5.15. The van der Waals surface area contributed by atoms with Gasteiger partial charge in [-0.1, -0.05) is 42.5 Å². The van der Waals surface area contributed by atoms with Gasteiger partial charge >= 0.3 is 0 Å². The van der Waals surface area contributed by atoms with E-state index in [2.05, 4.69) is 15.9 Å². The monoisotopic (exact) mass is 353 g/mol. The maximum Gasteiger partial charge on any atom is 0.283 e. The van der Waals surface area contributed by atoms with Crippen molar-refractivity contribution in [2.75, 3.05) is 0 Å². The van der Waals surface area contributed by atoms with Gasteiger partial charge in [0.1, 0.15) is 0 Å². The Hall–Kier alpha value is -1.39. The highest BCUT2D eigenvalue weighted by Gasteiger charge is 2.16. The lowest BCUT2D eigenvalue weighted by Crippen LogP contribution is -1.97. The molecular formula is C15H13BrClNO2. The third-order valence-corrected chi connectivity index (χ3v) is 4.47. The minimum absolute atomic E-state index is 0.0910. The van der Waals surface area contributed by atoms with Crippen LogP contribution in [-0.2, 0) is 6.42 Å². The van der Waals surface area contributed by atoms with Gasteiger partial charge in [-0.2, -0.15) is 0 Å². The van der Waals surface area contributed by atoms with Gasteiger partial charge in [0.2, 0.25) is 0 Å². The largest absolute Gasteiger partial charge is 0.283 e. The first-order chi connectivity index (χ1) is 9.59. The third-order valence-electron chi connectivity index (χ3n) is 3.08. The smallest absolute Gasteiger partial charge is 0.258 e. The second kappa shape index (κ2) is 6.86. The molecule has 0 heterocycles. The standard InChI is InChI=1S/C15H13BrClNO2/c16-15-12(7-4-8-14(15)18(19)20)9-10-13(17)11-5-2-1-3-6-11/h1-8,13H,9-10H2. The zero-order chi connectivity index (χ0) is 14.5. The molecule has 2 aromatic carbocycles. The molecule has 0 fully saturated rings. The summed E-state index contributed by atoms with van der Waals surface area (Å²) in [6.07, 6.45) is 1.41. The number of nitro benzene ring substituents is 1. The number of benzene rings is 2. The Bertz CT molecular complexity index is 604. The number of nitro groups is 1. The van der Waals surface area contributed by atoms with Gasteiger partial charge in [0.15, 0.2) is 0 Å². The van der Waals surface area contributed by atoms with Crippen molar-refractivity contribution in [3.8, 4) is 0 Å². The number of hydrogen-bond donors (Lipinski definition) is 0. The van der Waals surface area contributed by atoms with E-state index in [0.717, 1.165) is 17.5 Å². The zero-order valence-electron chi connectivity index (χ0n) is 10.6. The lowest BCUT2D eigenvalue weighted by molar-refractivity contribution is -0.385. The molecule has 1 atom stereocenters. The molecule has 0 aliphatic heterocycles. The Labute approximate surface area is 130 Å². The maximum absolute atomic E-state index is 10.9. The van der Waals surface area contributed by atoms with Crippen LogP contribution in [0.2, 0.25) is 0 Å². The Balaban J connectivity index is 2.08. The highest BCUT2D eigenvalue weighted by Crippen LogP contribution is 2.32. The molecular weight excluding hydrogens is 342 g/mol. The van der Waals surface area contributed by atoms with Gasteiger partial charge in [0.25, 0.3) is 5.69 Å². The second-order valence-electron chi connectivity index (χ2n) is 4.42. The minimum Gasteiger partial charge on any atom is -0.258 e. The molecule has 2 aromatic rings. The van der Waals surface area contributed by atoms with E-state index in [1.165, 1.54) is 6.07 Å². The van der Waals surface area contributed by atoms with E-state index in [4.69, 9.17) is 11.6 Å². The Morgan fingerprint density at radius 2 is 1.85 bits per heavy atom. The topological polar surface area (TPSA) is 43.1 Å². The fraction of sp³-hybridized carbons (Fsp3) is 0.200. The van der Waals surface area contributed by atoms with Gasteiger partial charge < -0.3 is 0 Å². The van der Waals surface area contributed by atoms with Crippen molar-refractivity contribution in [3.05, 3.63) is 74.2 Å². The molecule has 3 nitrogen and oxygen atoms in total. The molecule has 1 unspecified atom stereocenters. The molecule has 0 amide bonds. The summed E-state index contributed by atoms with van der Waals surface area (Å²) in [7, 11) is 0. The maximum atomic E-state index is 10.9. The highest BCUT2D eigenvalue weighted by molar-refractivity contribution is 9.10. The highest BCUT2D eigenvalue weighted by atomic mass is 79.9. The van der Waals surface area contributed by atoms with Crippen LogP contribution >= 0.6 is 27.5 Å². The van der Waals surface area contributed by atoms with E-state index in [9.17, 15) is 10.1 Å². The molecule has 0 N–H and O–H groups in total. The van der Waals surface area contributed by atoms with E-state index < -0.39 is 0 Å². The van der Waals surface area contributed by atoms with E-state index in [0.29, 0.717) is 10.9 Å². The van der Waals surface area contributed by atoms with Gasteiger partial charge in [-0.05, 0) is 39.9 Å². The lowest BCUT2D eigenvalue weighted by Gasteiger charge is -2.10. The van der Waals surface area contributed by atoms with Gasteiger partial charge in [-0.25, -0.2) is 0 Å². The summed E-state index contributed by atoms with van der Waals surface area (Å²) in [6, 6.07) is 14.9. The predicted molar refractivity (Wildman–Crippen MR) is 84.2 cm³/mol. The van der Waals surface area contributed by atoms with E-state index in [-0.39, 0.29) is 16.0 Å². The van der Waals surface area contributed by atoms with Crippen LogP contribution in [0, 0.1) is 10.1 Å². The third kappa shape index (κ3) is 3.58. The van der Waals surface area contributed by atoms with Crippen molar-refractivity contribution < 1.29 is 4.92 Å². The van der Waals surface area contributed by atoms with Gasteiger partial charge in [0, 0.05) is 6.07 Å². The summed E-state index contributed by atoms with van der Waals surface area (Å²) in [5.74, 6) is 0. The SMILES string of the molecule is O=[N+]([O-])c1cccc(CCC(Cl)c2ccccc2)c1Br. The first kappa shape index (κ1) is 15.0. The number of alkyl halides is 1. The lowest BCUT2D eigenvalue weighted by atomic mass is 10.0. The fourth-order valence-corrected chi connectivity index (χ4v) is 2.87. The molecule has 5 heteroatoms. The Morgan fingerprint density at radius 3 is 2.50 bits per heavy atom. The van der Waals surface area contributed by atoms with Gasteiger partial charge in [0.05, 0.1) is 14.8 Å². The first-order valence-corrected chi connectivity index (χ1v) is 7.43. The van der Waals surface area contributed by atoms with Crippen molar-refractivity contribution in [1.29, 1.82) is 0 Å². The summed E-state index contributed by atoms with van der Waals surface area (Å²) in [6.45, 7) is 0. The quantitative estimate of drug-likeness (QED) is 0.417. The molecule has 0 saturated carbocycles. The average molecular weight is 355 g/mol. The van der Waals surface area contributed by atoms with Crippen LogP contribution in [0.4, 0.5) is 5.69 Å². The molecule has 0 aliphatic carbocycles. The van der Waals surface area contributed by atoms with Crippen LogP contribution in [0.15, 0.2) is 53.0 Å². The second-order valence-corrected chi connectivity index (χ2v) is 5.74. The zero-order valence-corrected chi connectivity index (χ0v) is 13.0. The van der Waals surface area contributed by atoms with Crippen LogP contribution in [-0.4, -0.2) is 4.92 Å². The molecule has 0 radical (unpaired) electrons. The van der Waals surface area contributed by atoms with E-state index in [1.54, 1.807) is 6.07 Å². The summed E-state index contributed by atoms with van der Waals surface area (Å²) in [5, 5.41) is 10.8. The number of hydrogen-bond acceptors (Lipinski definition) is 2. The van der Waals surface area contributed by atoms with Crippen molar-refractivity contribution in [2.45, 2.75) is 18.2 Å².